The first-order valence-electron chi connectivity index (χ1n) is 8.04. The number of carboxylic acids is 1. The van der Waals surface area contributed by atoms with Gasteiger partial charge in [-0.3, -0.25) is 10.2 Å². The molecule has 132 valence electrons. The van der Waals surface area contributed by atoms with E-state index in [0.717, 1.165) is 32.3 Å². The fourth-order valence-electron chi connectivity index (χ4n) is 2.60. The lowest BCUT2D eigenvalue weighted by atomic mass is 9.99. The molecule has 1 heterocycles. The average molecular weight is 366 g/mol. The second kappa shape index (κ2) is 7.45. The van der Waals surface area contributed by atoms with Crippen molar-refractivity contribution in [1.29, 1.82) is 5.41 Å². The van der Waals surface area contributed by atoms with Crippen molar-refractivity contribution in [3.8, 4) is 21.7 Å². The monoisotopic (exact) mass is 366 g/mol. The lowest BCUT2D eigenvalue weighted by molar-refractivity contribution is -0.136. The fraction of sp³-hybridized carbons (Fsp3) is 0.158. The first kappa shape index (κ1) is 17.8. The van der Waals surface area contributed by atoms with Crippen LogP contribution in [0.1, 0.15) is 22.6 Å². The molecule has 0 fully saturated rings. The zero-order valence-corrected chi connectivity index (χ0v) is 15.0. The number of nitrogens with one attached hydrogen (secondary N) is 1. The van der Waals surface area contributed by atoms with E-state index in [-0.39, 0.29) is 12.3 Å². The molecule has 0 saturated heterocycles. The molecule has 3 aromatic rings. The Morgan fingerprint density at radius 2 is 1.85 bits per heavy atom. The number of nitrogen functional groups attached to an aromatic ring is 1. The molecule has 0 aliphatic carbocycles. The van der Waals surface area contributed by atoms with Crippen LogP contribution in [0.3, 0.4) is 0 Å². The molecule has 0 spiro atoms. The summed E-state index contributed by atoms with van der Waals surface area (Å²) >= 11 is 1.43. The molecule has 0 aliphatic rings. The number of aromatic nitrogens is 2. The summed E-state index contributed by atoms with van der Waals surface area (Å²) in [7, 11) is 0. The highest BCUT2D eigenvalue weighted by Gasteiger charge is 2.11. The summed E-state index contributed by atoms with van der Waals surface area (Å²) in [6, 6.07) is 13.7. The summed E-state index contributed by atoms with van der Waals surface area (Å²) in [6.07, 6.45) is 0.454. The van der Waals surface area contributed by atoms with Crippen molar-refractivity contribution in [2.45, 2.75) is 19.8 Å². The summed E-state index contributed by atoms with van der Waals surface area (Å²) in [5.74, 6) is -0.781. The maximum absolute atomic E-state index is 10.7. The molecular formula is C19H18N4O2S. The van der Waals surface area contributed by atoms with Crippen LogP contribution in [0.2, 0.25) is 0 Å². The third kappa shape index (κ3) is 3.94. The van der Waals surface area contributed by atoms with Gasteiger partial charge >= 0.3 is 5.97 Å². The van der Waals surface area contributed by atoms with E-state index >= 15 is 0 Å². The van der Waals surface area contributed by atoms with Crippen molar-refractivity contribution < 1.29 is 9.90 Å². The van der Waals surface area contributed by atoms with Gasteiger partial charge < -0.3 is 10.8 Å². The number of nitrogens with zero attached hydrogens (tertiary/aromatic N) is 2. The van der Waals surface area contributed by atoms with Crippen molar-refractivity contribution in [2.24, 2.45) is 5.73 Å². The van der Waals surface area contributed by atoms with Gasteiger partial charge in [-0.25, -0.2) is 0 Å². The highest BCUT2D eigenvalue weighted by Crippen LogP contribution is 2.30. The Morgan fingerprint density at radius 3 is 2.46 bits per heavy atom. The van der Waals surface area contributed by atoms with E-state index in [1.54, 1.807) is 0 Å². The minimum Gasteiger partial charge on any atom is -0.481 e. The molecule has 0 atom stereocenters. The topological polar surface area (TPSA) is 113 Å². The second-order valence-electron chi connectivity index (χ2n) is 5.92. The molecule has 3 rings (SSSR count). The number of carboxylic acid groups (broad SMARTS) is 1. The molecule has 0 aliphatic heterocycles. The Kier molecular flexibility index (Phi) is 5.09. The van der Waals surface area contributed by atoms with E-state index in [4.69, 9.17) is 16.2 Å². The molecule has 0 unspecified atom stereocenters. The van der Waals surface area contributed by atoms with Gasteiger partial charge in [0.25, 0.3) is 0 Å². The van der Waals surface area contributed by atoms with E-state index in [1.807, 2.05) is 43.3 Å². The number of rotatable bonds is 6. The highest BCUT2D eigenvalue weighted by atomic mass is 32.1. The van der Waals surface area contributed by atoms with Crippen molar-refractivity contribution in [3.05, 3.63) is 58.6 Å². The van der Waals surface area contributed by atoms with Crippen LogP contribution in [0.5, 0.6) is 0 Å². The average Bonchev–Trinajstić information content (AvgIpc) is 3.08. The Bertz CT molecular complexity index is 964. The molecule has 4 N–H and O–H groups in total. The minimum absolute atomic E-state index is 0.0538. The van der Waals surface area contributed by atoms with Gasteiger partial charge in [-0.2, -0.15) is 0 Å². The smallest absolute Gasteiger partial charge is 0.303 e. The first-order chi connectivity index (χ1) is 12.4. The van der Waals surface area contributed by atoms with Gasteiger partial charge in [-0.15, -0.1) is 10.2 Å². The van der Waals surface area contributed by atoms with Crippen LogP contribution in [0, 0.1) is 12.3 Å². The molecule has 0 bridgehead atoms. The summed E-state index contributed by atoms with van der Waals surface area (Å²) < 4.78 is 0. The van der Waals surface area contributed by atoms with Crippen molar-refractivity contribution in [2.75, 3.05) is 0 Å². The van der Waals surface area contributed by atoms with Gasteiger partial charge in [0.05, 0.1) is 6.42 Å². The second-order valence-corrected chi connectivity index (χ2v) is 6.98. The first-order valence-corrected chi connectivity index (χ1v) is 8.85. The van der Waals surface area contributed by atoms with Gasteiger partial charge in [-0.1, -0.05) is 53.8 Å². The van der Waals surface area contributed by atoms with Gasteiger partial charge in [0.2, 0.25) is 0 Å². The number of carbonyl (C=O) groups is 1. The van der Waals surface area contributed by atoms with Crippen LogP contribution >= 0.6 is 11.3 Å². The number of benzene rings is 2. The number of nitrogens with two attached hydrogens (primary N) is 1. The number of aliphatic carboxylic acids is 1. The highest BCUT2D eigenvalue weighted by molar-refractivity contribution is 7.14. The predicted octanol–water partition coefficient (Wildman–Crippen LogP) is 3.48. The summed E-state index contributed by atoms with van der Waals surface area (Å²) in [5, 5.41) is 26.0. The quantitative estimate of drug-likeness (QED) is 0.456. The SMILES string of the molecule is Cc1cc(-c2ccc(C(=N)N)cc2)ccc1-c1nnc(CCC(=O)O)s1. The summed E-state index contributed by atoms with van der Waals surface area (Å²) in [5.41, 5.74) is 10.4. The standard InChI is InChI=1S/C19H18N4O2S/c1-11-10-14(12-2-4-13(5-3-12)18(20)21)6-7-15(11)19-23-22-16(26-19)8-9-17(24)25/h2-7,10H,8-9H2,1H3,(H3,20,21)(H,24,25). The van der Waals surface area contributed by atoms with Crippen LogP contribution < -0.4 is 5.73 Å². The molecular weight excluding hydrogens is 348 g/mol. The van der Waals surface area contributed by atoms with Crippen LogP contribution in [0.4, 0.5) is 0 Å². The van der Waals surface area contributed by atoms with Crippen molar-refractivity contribution in [3.63, 3.8) is 0 Å². The largest absolute Gasteiger partial charge is 0.481 e. The van der Waals surface area contributed by atoms with Gasteiger partial charge in [0.1, 0.15) is 15.9 Å². The molecule has 0 radical (unpaired) electrons. The minimum atomic E-state index is -0.835. The van der Waals surface area contributed by atoms with Gasteiger partial charge in [0.15, 0.2) is 0 Å². The third-order valence-electron chi connectivity index (χ3n) is 4.01. The van der Waals surface area contributed by atoms with Gasteiger partial charge in [0, 0.05) is 17.5 Å². The van der Waals surface area contributed by atoms with Gasteiger partial charge in [-0.05, 0) is 23.6 Å². The molecule has 26 heavy (non-hydrogen) atoms. The Hall–Kier alpha value is -3.06. The predicted molar refractivity (Wildman–Crippen MR) is 102 cm³/mol. The lowest BCUT2D eigenvalue weighted by Gasteiger charge is -2.07. The van der Waals surface area contributed by atoms with E-state index in [1.165, 1.54) is 11.3 Å². The molecule has 0 amide bonds. The molecule has 6 nitrogen and oxygen atoms in total. The van der Waals surface area contributed by atoms with Crippen LogP contribution in [-0.2, 0) is 11.2 Å². The Balaban J connectivity index is 1.83. The molecule has 2 aromatic carbocycles. The Morgan fingerprint density at radius 1 is 1.15 bits per heavy atom. The van der Waals surface area contributed by atoms with E-state index < -0.39 is 5.97 Å². The molecule has 7 heteroatoms. The fourth-order valence-corrected chi connectivity index (χ4v) is 3.53. The van der Waals surface area contributed by atoms with E-state index in [9.17, 15) is 4.79 Å². The zero-order chi connectivity index (χ0) is 18.7. The summed E-state index contributed by atoms with van der Waals surface area (Å²) in [6.45, 7) is 2.01. The maximum atomic E-state index is 10.7. The van der Waals surface area contributed by atoms with Crippen molar-refractivity contribution >= 4 is 23.1 Å². The van der Waals surface area contributed by atoms with E-state index in [2.05, 4.69) is 16.3 Å². The lowest BCUT2D eigenvalue weighted by Crippen LogP contribution is -2.10. The maximum Gasteiger partial charge on any atom is 0.303 e. The number of amidine groups is 1. The summed E-state index contributed by atoms with van der Waals surface area (Å²) in [4.78, 5) is 10.7. The number of hydrogen-bond acceptors (Lipinski definition) is 5. The Labute approximate surface area is 154 Å². The molecule has 0 saturated carbocycles. The normalized spacial score (nSPS) is 10.7. The van der Waals surface area contributed by atoms with Crippen LogP contribution in [-0.4, -0.2) is 27.1 Å². The number of aryl methyl sites for hydroxylation is 2. The van der Waals surface area contributed by atoms with Crippen LogP contribution in [0.25, 0.3) is 21.7 Å². The van der Waals surface area contributed by atoms with Crippen molar-refractivity contribution in [1.82, 2.24) is 10.2 Å². The molecule has 1 aromatic heterocycles. The van der Waals surface area contributed by atoms with E-state index in [0.29, 0.717) is 12.0 Å². The van der Waals surface area contributed by atoms with Crippen LogP contribution in [0.15, 0.2) is 42.5 Å². The zero-order valence-electron chi connectivity index (χ0n) is 14.2. The third-order valence-corrected chi connectivity index (χ3v) is 5.02. The number of hydrogen-bond donors (Lipinski definition) is 3.